The van der Waals surface area contributed by atoms with E-state index in [1.807, 2.05) is 20.8 Å². The highest BCUT2D eigenvalue weighted by atomic mass is 16.4. The average molecular weight is 218 g/mol. The minimum absolute atomic E-state index is 0.0622. The van der Waals surface area contributed by atoms with E-state index in [1.165, 1.54) is 0 Å². The number of carbonyl (C=O) groups is 2. The van der Waals surface area contributed by atoms with Gasteiger partial charge in [0.2, 0.25) is 0 Å². The van der Waals surface area contributed by atoms with Crippen molar-refractivity contribution in [1.29, 1.82) is 0 Å². The first-order chi connectivity index (χ1) is 6.70. The average Bonchev–Trinajstić information content (AvgIpc) is 1.95. The van der Waals surface area contributed by atoms with Gasteiger partial charge in [-0.2, -0.15) is 0 Å². The summed E-state index contributed by atoms with van der Waals surface area (Å²) in [6, 6.07) is -0.404. The molecule has 15 heavy (non-hydrogen) atoms. The summed E-state index contributed by atoms with van der Waals surface area (Å²) in [5.74, 6) is 0. The fourth-order valence-corrected chi connectivity index (χ4v) is 1.30. The predicted octanol–water partition coefficient (Wildman–Crippen LogP) is 1.33. The maximum atomic E-state index is 10.5. The number of amides is 2. The lowest BCUT2D eigenvalue weighted by Crippen LogP contribution is -2.44. The molecule has 0 spiro atoms. The zero-order valence-corrected chi connectivity index (χ0v) is 9.20. The summed E-state index contributed by atoms with van der Waals surface area (Å²) in [6.45, 7) is 5.97. The molecule has 0 aliphatic carbocycles. The van der Waals surface area contributed by atoms with Gasteiger partial charge >= 0.3 is 12.2 Å². The van der Waals surface area contributed by atoms with Gasteiger partial charge in [-0.05, 0) is 11.8 Å². The van der Waals surface area contributed by atoms with Crippen molar-refractivity contribution in [2.24, 2.45) is 5.41 Å². The van der Waals surface area contributed by atoms with Crippen molar-refractivity contribution in [3.05, 3.63) is 0 Å². The Morgan fingerprint density at radius 2 is 1.73 bits per heavy atom. The molecule has 0 heterocycles. The molecule has 0 fully saturated rings. The van der Waals surface area contributed by atoms with Gasteiger partial charge < -0.3 is 20.8 Å². The summed E-state index contributed by atoms with van der Waals surface area (Å²) in [7, 11) is 0. The summed E-state index contributed by atoms with van der Waals surface area (Å²) in [5, 5.41) is 21.4. The molecular formula is C9H18N2O4. The van der Waals surface area contributed by atoms with Gasteiger partial charge in [0.25, 0.3) is 0 Å². The lowest BCUT2D eigenvalue weighted by molar-refractivity contribution is 0.177. The molecule has 88 valence electrons. The third-order valence-electron chi connectivity index (χ3n) is 1.69. The van der Waals surface area contributed by atoms with Crippen LogP contribution in [0.5, 0.6) is 0 Å². The van der Waals surface area contributed by atoms with E-state index in [-0.39, 0.29) is 12.0 Å². The van der Waals surface area contributed by atoms with Crippen LogP contribution >= 0.6 is 0 Å². The maximum absolute atomic E-state index is 10.5. The van der Waals surface area contributed by atoms with Crippen LogP contribution in [0.4, 0.5) is 9.59 Å². The molecule has 6 nitrogen and oxygen atoms in total. The second-order valence-electron chi connectivity index (χ2n) is 4.60. The Kier molecular flexibility index (Phi) is 4.90. The molecule has 1 atom stereocenters. The molecular weight excluding hydrogens is 200 g/mol. The Labute approximate surface area is 88.7 Å². The van der Waals surface area contributed by atoms with E-state index in [1.54, 1.807) is 0 Å². The number of rotatable bonds is 4. The minimum atomic E-state index is -1.15. The number of hydrogen-bond acceptors (Lipinski definition) is 2. The molecule has 0 aliphatic heterocycles. The molecule has 0 radical (unpaired) electrons. The van der Waals surface area contributed by atoms with Crippen LogP contribution < -0.4 is 10.6 Å². The molecule has 6 heteroatoms. The van der Waals surface area contributed by atoms with E-state index in [9.17, 15) is 9.59 Å². The van der Waals surface area contributed by atoms with Gasteiger partial charge in [0.15, 0.2) is 0 Å². The van der Waals surface area contributed by atoms with Crippen molar-refractivity contribution in [1.82, 2.24) is 10.6 Å². The van der Waals surface area contributed by atoms with Crippen molar-refractivity contribution < 1.29 is 19.8 Å². The first-order valence-electron chi connectivity index (χ1n) is 4.67. The first kappa shape index (κ1) is 13.5. The summed E-state index contributed by atoms with van der Waals surface area (Å²) in [5.41, 5.74) is -0.0622. The zero-order valence-electron chi connectivity index (χ0n) is 9.20. The molecule has 4 N–H and O–H groups in total. The summed E-state index contributed by atoms with van der Waals surface area (Å²) in [4.78, 5) is 20.7. The number of nitrogens with one attached hydrogen (secondary N) is 2. The molecule has 0 aromatic heterocycles. The fourth-order valence-electron chi connectivity index (χ4n) is 1.30. The molecule has 1 unspecified atom stereocenters. The van der Waals surface area contributed by atoms with Gasteiger partial charge in [-0.3, -0.25) is 0 Å². The van der Waals surface area contributed by atoms with E-state index in [0.29, 0.717) is 6.42 Å². The first-order valence-corrected chi connectivity index (χ1v) is 4.67. The fraction of sp³-hybridized carbons (Fsp3) is 0.778. The van der Waals surface area contributed by atoms with Crippen LogP contribution in [0, 0.1) is 5.41 Å². The van der Waals surface area contributed by atoms with Gasteiger partial charge in [0.1, 0.15) is 0 Å². The van der Waals surface area contributed by atoms with E-state index in [0.717, 1.165) is 0 Å². The highest BCUT2D eigenvalue weighted by Gasteiger charge is 2.20. The van der Waals surface area contributed by atoms with Crippen LogP contribution in [0.3, 0.4) is 0 Å². The topological polar surface area (TPSA) is 98.7 Å². The third kappa shape index (κ3) is 8.86. The van der Waals surface area contributed by atoms with Crippen molar-refractivity contribution in [3.8, 4) is 0 Å². The second kappa shape index (κ2) is 5.43. The second-order valence-corrected chi connectivity index (χ2v) is 4.60. The SMILES string of the molecule is CC(C)(C)CC(CNC(=O)O)NC(=O)O. The van der Waals surface area contributed by atoms with Crippen molar-refractivity contribution in [2.45, 2.75) is 33.2 Å². The molecule has 0 saturated heterocycles. The Bertz CT molecular complexity index is 235. The van der Waals surface area contributed by atoms with E-state index in [2.05, 4.69) is 10.6 Å². The third-order valence-corrected chi connectivity index (χ3v) is 1.69. The zero-order chi connectivity index (χ0) is 12.1. The molecule has 0 rings (SSSR count). The highest BCUT2D eigenvalue weighted by Crippen LogP contribution is 2.20. The quantitative estimate of drug-likeness (QED) is 0.572. The summed E-state index contributed by atoms with van der Waals surface area (Å²) < 4.78 is 0. The largest absolute Gasteiger partial charge is 0.465 e. The summed E-state index contributed by atoms with van der Waals surface area (Å²) >= 11 is 0. The number of carboxylic acid groups (broad SMARTS) is 2. The maximum Gasteiger partial charge on any atom is 0.404 e. The minimum Gasteiger partial charge on any atom is -0.465 e. The summed E-state index contributed by atoms with van der Waals surface area (Å²) in [6.07, 6.45) is -1.72. The van der Waals surface area contributed by atoms with Crippen molar-refractivity contribution >= 4 is 12.2 Å². The highest BCUT2D eigenvalue weighted by molar-refractivity contribution is 5.66. The lowest BCUT2D eigenvalue weighted by atomic mass is 9.88. The molecule has 0 saturated carbocycles. The lowest BCUT2D eigenvalue weighted by Gasteiger charge is -2.25. The van der Waals surface area contributed by atoms with Crippen molar-refractivity contribution in [3.63, 3.8) is 0 Å². The van der Waals surface area contributed by atoms with Gasteiger partial charge in [-0.25, -0.2) is 9.59 Å². The standard InChI is InChI=1S/C9H18N2O4/c1-9(2,3)4-6(11-8(14)15)5-10-7(12)13/h6,10-11H,4-5H2,1-3H3,(H,12,13)(H,14,15). The van der Waals surface area contributed by atoms with Gasteiger partial charge in [-0.1, -0.05) is 20.8 Å². The molecule has 2 amide bonds. The van der Waals surface area contributed by atoms with Crippen LogP contribution in [-0.4, -0.2) is 35.0 Å². The van der Waals surface area contributed by atoms with Gasteiger partial charge in [0.05, 0.1) is 6.04 Å². The molecule has 0 aromatic rings. The van der Waals surface area contributed by atoms with Gasteiger partial charge in [-0.15, -0.1) is 0 Å². The Morgan fingerprint density at radius 3 is 2.07 bits per heavy atom. The molecule has 0 bridgehead atoms. The van der Waals surface area contributed by atoms with Crippen LogP contribution in [0.1, 0.15) is 27.2 Å². The van der Waals surface area contributed by atoms with Crippen LogP contribution in [0.2, 0.25) is 0 Å². The van der Waals surface area contributed by atoms with Crippen LogP contribution in [0.25, 0.3) is 0 Å². The molecule has 0 aromatic carbocycles. The predicted molar refractivity (Wildman–Crippen MR) is 55.0 cm³/mol. The molecule has 0 aliphatic rings. The smallest absolute Gasteiger partial charge is 0.404 e. The van der Waals surface area contributed by atoms with Crippen LogP contribution in [0.15, 0.2) is 0 Å². The van der Waals surface area contributed by atoms with E-state index < -0.39 is 18.2 Å². The van der Waals surface area contributed by atoms with E-state index >= 15 is 0 Å². The van der Waals surface area contributed by atoms with Gasteiger partial charge in [0, 0.05) is 6.54 Å². The normalized spacial score (nSPS) is 13.0. The number of hydrogen-bond donors (Lipinski definition) is 4. The van der Waals surface area contributed by atoms with Crippen LogP contribution in [-0.2, 0) is 0 Å². The van der Waals surface area contributed by atoms with Crippen molar-refractivity contribution in [2.75, 3.05) is 6.54 Å². The Morgan fingerprint density at radius 1 is 1.20 bits per heavy atom. The monoisotopic (exact) mass is 218 g/mol. The van der Waals surface area contributed by atoms with E-state index in [4.69, 9.17) is 10.2 Å². The Balaban J connectivity index is 4.18. The Hall–Kier alpha value is -1.46.